The maximum Gasteiger partial charge on any atom is 0.253 e. The molecule has 27 heavy (non-hydrogen) atoms. The SMILES string of the molecule is Cc1ccc(S(=O)(=O)N2CCCN(C(=O)c3ccc(F)cc3)CC2)cc1Cl. The van der Waals surface area contributed by atoms with E-state index in [0.29, 0.717) is 30.1 Å². The van der Waals surface area contributed by atoms with Crippen LogP contribution in [-0.4, -0.2) is 49.7 Å². The Bertz CT molecular complexity index is 948. The molecule has 0 aromatic heterocycles. The summed E-state index contributed by atoms with van der Waals surface area (Å²) >= 11 is 6.07. The Kier molecular flexibility index (Phi) is 5.83. The summed E-state index contributed by atoms with van der Waals surface area (Å²) in [6, 6.07) is 10.0. The summed E-state index contributed by atoms with van der Waals surface area (Å²) in [5.74, 6) is -0.635. The molecule has 3 rings (SSSR count). The highest BCUT2D eigenvalue weighted by atomic mass is 35.5. The summed E-state index contributed by atoms with van der Waals surface area (Å²) < 4.78 is 40.2. The lowest BCUT2D eigenvalue weighted by molar-refractivity contribution is 0.0764. The minimum Gasteiger partial charge on any atom is -0.337 e. The van der Waals surface area contributed by atoms with Crippen molar-refractivity contribution in [1.29, 1.82) is 0 Å². The van der Waals surface area contributed by atoms with Crippen LogP contribution < -0.4 is 0 Å². The summed E-state index contributed by atoms with van der Waals surface area (Å²) in [4.78, 5) is 14.3. The smallest absolute Gasteiger partial charge is 0.253 e. The van der Waals surface area contributed by atoms with E-state index < -0.39 is 15.8 Å². The standard InChI is InChI=1S/C19H20ClFN2O3S/c1-14-3-8-17(13-18(14)20)27(25,26)23-10-2-9-22(11-12-23)19(24)15-4-6-16(21)7-5-15/h3-8,13H,2,9-12H2,1H3. The van der Waals surface area contributed by atoms with Gasteiger partial charge in [0.1, 0.15) is 5.82 Å². The Hall–Kier alpha value is -1.96. The van der Waals surface area contributed by atoms with E-state index in [1.807, 2.05) is 6.92 Å². The molecular formula is C19H20ClFN2O3S. The van der Waals surface area contributed by atoms with Crippen LogP contribution in [0.5, 0.6) is 0 Å². The third kappa shape index (κ3) is 4.31. The molecule has 1 fully saturated rings. The van der Waals surface area contributed by atoms with Crippen LogP contribution in [0.15, 0.2) is 47.4 Å². The minimum absolute atomic E-state index is 0.149. The number of sulfonamides is 1. The molecule has 0 bridgehead atoms. The number of carbonyl (C=O) groups is 1. The van der Waals surface area contributed by atoms with Crippen molar-refractivity contribution in [2.45, 2.75) is 18.2 Å². The Morgan fingerprint density at radius 2 is 1.74 bits per heavy atom. The monoisotopic (exact) mass is 410 g/mol. The van der Waals surface area contributed by atoms with Crippen molar-refractivity contribution in [1.82, 2.24) is 9.21 Å². The molecule has 0 saturated carbocycles. The van der Waals surface area contributed by atoms with Gasteiger partial charge in [-0.15, -0.1) is 0 Å². The number of hydrogen-bond acceptors (Lipinski definition) is 3. The van der Waals surface area contributed by atoms with Crippen molar-refractivity contribution >= 4 is 27.5 Å². The van der Waals surface area contributed by atoms with E-state index in [-0.39, 0.29) is 23.9 Å². The molecule has 1 heterocycles. The van der Waals surface area contributed by atoms with E-state index >= 15 is 0 Å². The highest BCUT2D eigenvalue weighted by Gasteiger charge is 2.28. The van der Waals surface area contributed by atoms with Crippen LogP contribution >= 0.6 is 11.6 Å². The maximum absolute atomic E-state index is 13.0. The van der Waals surface area contributed by atoms with Crippen molar-refractivity contribution in [3.63, 3.8) is 0 Å². The molecule has 0 aliphatic carbocycles. The Balaban J connectivity index is 1.74. The zero-order chi connectivity index (χ0) is 19.6. The second kappa shape index (κ2) is 7.96. The van der Waals surface area contributed by atoms with Gasteiger partial charge in [0.2, 0.25) is 10.0 Å². The van der Waals surface area contributed by atoms with Crippen LogP contribution in [0.25, 0.3) is 0 Å². The first-order valence-corrected chi connectivity index (χ1v) is 10.4. The second-order valence-corrected chi connectivity index (χ2v) is 8.81. The molecule has 2 aromatic rings. The zero-order valence-corrected chi connectivity index (χ0v) is 16.4. The van der Waals surface area contributed by atoms with Gasteiger partial charge < -0.3 is 4.90 Å². The van der Waals surface area contributed by atoms with Crippen molar-refractivity contribution in [3.8, 4) is 0 Å². The van der Waals surface area contributed by atoms with Gasteiger partial charge >= 0.3 is 0 Å². The number of carbonyl (C=O) groups excluding carboxylic acids is 1. The van der Waals surface area contributed by atoms with Gasteiger partial charge in [-0.25, -0.2) is 12.8 Å². The topological polar surface area (TPSA) is 57.7 Å². The Labute approximate surface area is 163 Å². The van der Waals surface area contributed by atoms with E-state index in [2.05, 4.69) is 0 Å². The summed E-state index contributed by atoms with van der Waals surface area (Å²) in [5, 5.41) is 0.402. The molecule has 8 heteroatoms. The summed E-state index contributed by atoms with van der Waals surface area (Å²) in [5.41, 5.74) is 1.19. The fraction of sp³-hybridized carbons (Fsp3) is 0.316. The van der Waals surface area contributed by atoms with Gasteiger partial charge in [-0.1, -0.05) is 17.7 Å². The lowest BCUT2D eigenvalue weighted by atomic mass is 10.2. The Morgan fingerprint density at radius 1 is 1.04 bits per heavy atom. The third-order valence-corrected chi connectivity index (χ3v) is 6.92. The largest absolute Gasteiger partial charge is 0.337 e. The predicted molar refractivity (Wildman–Crippen MR) is 102 cm³/mol. The molecule has 144 valence electrons. The van der Waals surface area contributed by atoms with Crippen LogP contribution in [0.2, 0.25) is 5.02 Å². The molecule has 2 aromatic carbocycles. The van der Waals surface area contributed by atoms with Crippen LogP contribution in [0.4, 0.5) is 4.39 Å². The fourth-order valence-electron chi connectivity index (χ4n) is 3.00. The van der Waals surface area contributed by atoms with Gasteiger partial charge in [0.25, 0.3) is 5.91 Å². The molecule has 0 radical (unpaired) electrons. The van der Waals surface area contributed by atoms with Gasteiger partial charge in [-0.3, -0.25) is 4.79 Å². The summed E-state index contributed by atoms with van der Waals surface area (Å²) in [6.07, 6.45) is 0.520. The number of aryl methyl sites for hydroxylation is 1. The van der Waals surface area contributed by atoms with Gasteiger partial charge in [-0.05, 0) is 55.3 Å². The predicted octanol–water partition coefficient (Wildman–Crippen LogP) is 3.32. The molecule has 1 amide bonds. The van der Waals surface area contributed by atoms with Gasteiger partial charge in [0.05, 0.1) is 4.90 Å². The summed E-state index contributed by atoms with van der Waals surface area (Å²) in [6.45, 7) is 3.04. The molecular weight excluding hydrogens is 391 g/mol. The van der Waals surface area contributed by atoms with Gasteiger partial charge in [0, 0.05) is 36.8 Å². The highest BCUT2D eigenvalue weighted by molar-refractivity contribution is 7.89. The Morgan fingerprint density at radius 3 is 2.41 bits per heavy atom. The molecule has 5 nitrogen and oxygen atoms in total. The molecule has 0 atom stereocenters. The molecule has 1 aliphatic heterocycles. The van der Waals surface area contributed by atoms with E-state index in [1.54, 1.807) is 17.0 Å². The normalized spacial score (nSPS) is 16.2. The first-order valence-electron chi connectivity index (χ1n) is 8.60. The second-order valence-electron chi connectivity index (χ2n) is 6.47. The number of benzene rings is 2. The highest BCUT2D eigenvalue weighted by Crippen LogP contribution is 2.24. The van der Waals surface area contributed by atoms with E-state index in [4.69, 9.17) is 11.6 Å². The van der Waals surface area contributed by atoms with Crippen LogP contribution in [0, 0.1) is 12.7 Å². The average molecular weight is 411 g/mol. The van der Waals surface area contributed by atoms with Crippen molar-refractivity contribution in [2.24, 2.45) is 0 Å². The summed E-state index contributed by atoms with van der Waals surface area (Å²) in [7, 11) is -3.68. The first kappa shape index (κ1) is 19.8. The quantitative estimate of drug-likeness (QED) is 0.779. The number of hydrogen-bond donors (Lipinski definition) is 0. The van der Waals surface area contributed by atoms with Gasteiger partial charge in [-0.2, -0.15) is 4.31 Å². The molecule has 0 unspecified atom stereocenters. The van der Waals surface area contributed by atoms with Crippen LogP contribution in [0.1, 0.15) is 22.3 Å². The molecule has 0 N–H and O–H groups in total. The third-order valence-electron chi connectivity index (χ3n) is 4.61. The molecule has 1 saturated heterocycles. The van der Waals surface area contributed by atoms with E-state index in [9.17, 15) is 17.6 Å². The van der Waals surface area contributed by atoms with Crippen molar-refractivity contribution in [3.05, 3.63) is 64.4 Å². The van der Waals surface area contributed by atoms with Crippen molar-refractivity contribution in [2.75, 3.05) is 26.2 Å². The number of nitrogens with zero attached hydrogens (tertiary/aromatic N) is 2. The first-order chi connectivity index (χ1) is 12.8. The van der Waals surface area contributed by atoms with Crippen LogP contribution in [0.3, 0.4) is 0 Å². The fourth-order valence-corrected chi connectivity index (χ4v) is 4.74. The molecule has 1 aliphatic rings. The van der Waals surface area contributed by atoms with Crippen molar-refractivity contribution < 1.29 is 17.6 Å². The van der Waals surface area contributed by atoms with E-state index in [1.165, 1.54) is 34.6 Å². The molecule has 0 spiro atoms. The number of halogens is 2. The number of amides is 1. The lowest BCUT2D eigenvalue weighted by Crippen LogP contribution is -2.37. The average Bonchev–Trinajstić information content (AvgIpc) is 2.90. The zero-order valence-electron chi connectivity index (χ0n) is 14.9. The maximum atomic E-state index is 13.0. The number of rotatable bonds is 3. The van der Waals surface area contributed by atoms with E-state index in [0.717, 1.165) is 5.56 Å². The lowest BCUT2D eigenvalue weighted by Gasteiger charge is -2.22. The minimum atomic E-state index is -3.68. The van der Waals surface area contributed by atoms with Crippen LogP contribution in [-0.2, 0) is 10.0 Å². The van der Waals surface area contributed by atoms with Gasteiger partial charge in [0.15, 0.2) is 0 Å².